The van der Waals surface area contributed by atoms with Crippen LogP contribution in [-0.4, -0.2) is 0 Å². The smallest absolute Gasteiger partial charge is 0 e. The van der Waals surface area contributed by atoms with Crippen LogP contribution in [0.5, 0.6) is 0 Å². The van der Waals surface area contributed by atoms with Gasteiger partial charge in [-0.25, -0.2) is 0 Å². The first-order valence-electron chi connectivity index (χ1n) is 1.82. The van der Waals surface area contributed by atoms with E-state index in [-0.39, 0.29) is 36.5 Å². The van der Waals surface area contributed by atoms with Gasteiger partial charge in [-0.2, -0.15) is 12.8 Å². The van der Waals surface area contributed by atoms with Gasteiger partial charge in [-0.05, 0) is 0 Å². The molecule has 0 N–H and O–H groups in total. The molecule has 0 unspecified atom stereocenters. The zero-order valence-corrected chi connectivity index (χ0v) is 8.49. The van der Waals surface area contributed by atoms with Gasteiger partial charge in [-0.3, -0.25) is 0 Å². The average Bonchev–Trinajstić information content (AvgIpc) is 0.722. The molecule has 0 atom stereocenters. The summed E-state index contributed by atoms with van der Waals surface area (Å²) in [5.41, 5.74) is 0. The third kappa shape index (κ3) is 3.30. The molecule has 0 nitrogen and oxygen atoms in total. The van der Waals surface area contributed by atoms with Crippen molar-refractivity contribution in [2.75, 3.05) is 0 Å². The molecular formula is C4H8BrZn-. The maximum Gasteiger partial charge on any atom is 0 e. The van der Waals surface area contributed by atoms with Crippen LogP contribution in [0.3, 0.4) is 0 Å². The van der Waals surface area contributed by atoms with Gasteiger partial charge in [0.05, 0.1) is 0 Å². The summed E-state index contributed by atoms with van der Waals surface area (Å²) in [6, 6.07) is 0. The molecule has 1 aliphatic carbocycles. The second-order valence-electron chi connectivity index (χ2n) is 1.22. The minimum atomic E-state index is 0. The zero-order chi connectivity index (χ0) is 2.83. The zero-order valence-electron chi connectivity index (χ0n) is 3.81. The molecule has 0 aromatic heterocycles. The molecule has 0 saturated heterocycles. The SMILES string of the molecule is Br.[CH-]1CCC1.[Zn]. The van der Waals surface area contributed by atoms with Crippen molar-refractivity contribution in [1.29, 1.82) is 0 Å². The van der Waals surface area contributed by atoms with Crippen LogP contribution in [-0.2, 0) is 19.5 Å². The van der Waals surface area contributed by atoms with E-state index in [1.165, 1.54) is 19.3 Å². The Balaban J connectivity index is 0. The molecule has 0 aromatic carbocycles. The van der Waals surface area contributed by atoms with Gasteiger partial charge in [0.25, 0.3) is 0 Å². The first kappa shape index (κ1) is 10.2. The van der Waals surface area contributed by atoms with E-state index >= 15 is 0 Å². The van der Waals surface area contributed by atoms with E-state index in [1.54, 1.807) is 0 Å². The summed E-state index contributed by atoms with van der Waals surface area (Å²) in [4.78, 5) is 0. The molecule has 1 rings (SSSR count). The van der Waals surface area contributed by atoms with Crippen molar-refractivity contribution in [2.24, 2.45) is 0 Å². The normalized spacial score (nSPS) is 16.0. The number of halogens is 1. The minimum absolute atomic E-state index is 0. The van der Waals surface area contributed by atoms with Crippen LogP contribution in [0.15, 0.2) is 0 Å². The van der Waals surface area contributed by atoms with Crippen LogP contribution in [0.2, 0.25) is 0 Å². The Hall–Kier alpha value is 1.10. The Bertz CT molecular complexity index is 15.5. The van der Waals surface area contributed by atoms with Gasteiger partial charge in [0.15, 0.2) is 0 Å². The fourth-order valence-corrected chi connectivity index (χ4v) is 0.204. The van der Waals surface area contributed by atoms with Gasteiger partial charge in [-0.1, -0.05) is 0 Å². The maximum absolute atomic E-state index is 2.31. The van der Waals surface area contributed by atoms with Crippen LogP contribution in [0.4, 0.5) is 0 Å². The summed E-state index contributed by atoms with van der Waals surface area (Å²) in [6.07, 6.45) is 6.50. The predicted molar refractivity (Wildman–Crippen MR) is 28.5 cm³/mol. The van der Waals surface area contributed by atoms with E-state index in [0.717, 1.165) is 0 Å². The molecule has 1 fully saturated rings. The van der Waals surface area contributed by atoms with Crippen molar-refractivity contribution in [2.45, 2.75) is 19.3 Å². The molecule has 34 valence electrons. The number of hydrogen-bond donors (Lipinski definition) is 0. The number of rotatable bonds is 0. The summed E-state index contributed by atoms with van der Waals surface area (Å²) in [5.74, 6) is 0. The molecule has 0 amide bonds. The fraction of sp³-hybridized carbons (Fsp3) is 0.750. The van der Waals surface area contributed by atoms with Crippen LogP contribution < -0.4 is 0 Å². The molecule has 0 aromatic rings. The summed E-state index contributed by atoms with van der Waals surface area (Å²) in [5, 5.41) is 0. The second-order valence-corrected chi connectivity index (χ2v) is 1.22. The molecule has 0 radical (unpaired) electrons. The summed E-state index contributed by atoms with van der Waals surface area (Å²) >= 11 is 0. The van der Waals surface area contributed by atoms with Gasteiger partial charge in [0.2, 0.25) is 0 Å². The van der Waals surface area contributed by atoms with Gasteiger partial charge < -0.3 is 6.42 Å². The average molecular weight is 201 g/mol. The van der Waals surface area contributed by atoms with E-state index in [1.807, 2.05) is 0 Å². The molecule has 2 heteroatoms. The van der Waals surface area contributed by atoms with E-state index < -0.39 is 0 Å². The largest absolute Gasteiger partial charge is 0.329 e. The minimum Gasteiger partial charge on any atom is -0.329 e. The first-order valence-corrected chi connectivity index (χ1v) is 1.82. The van der Waals surface area contributed by atoms with Crippen LogP contribution in [0, 0.1) is 6.42 Å². The molecule has 0 bridgehead atoms. The number of hydrogen-bond acceptors (Lipinski definition) is 0. The van der Waals surface area contributed by atoms with E-state index in [0.29, 0.717) is 0 Å². The van der Waals surface area contributed by atoms with Crippen molar-refractivity contribution in [3.63, 3.8) is 0 Å². The van der Waals surface area contributed by atoms with Crippen LogP contribution in [0.25, 0.3) is 0 Å². The van der Waals surface area contributed by atoms with Crippen LogP contribution in [0.1, 0.15) is 19.3 Å². The van der Waals surface area contributed by atoms with E-state index in [2.05, 4.69) is 6.42 Å². The van der Waals surface area contributed by atoms with Crippen molar-refractivity contribution in [3.8, 4) is 0 Å². The van der Waals surface area contributed by atoms with Crippen molar-refractivity contribution in [3.05, 3.63) is 6.42 Å². The quantitative estimate of drug-likeness (QED) is 0.415. The third-order valence-electron chi connectivity index (χ3n) is 0.816. The Labute approximate surface area is 62.2 Å². The second kappa shape index (κ2) is 6.10. The maximum atomic E-state index is 2.31. The molecule has 0 heterocycles. The molecule has 1 aliphatic rings. The van der Waals surface area contributed by atoms with Gasteiger partial charge in [-0.15, -0.1) is 23.4 Å². The van der Waals surface area contributed by atoms with Crippen LogP contribution >= 0.6 is 17.0 Å². The Morgan fingerprint density at radius 1 is 1.17 bits per heavy atom. The topological polar surface area (TPSA) is 0 Å². The molecule has 6 heavy (non-hydrogen) atoms. The molecule has 1 saturated carbocycles. The molecule has 0 aliphatic heterocycles. The van der Waals surface area contributed by atoms with Gasteiger partial charge in [0.1, 0.15) is 0 Å². The predicted octanol–water partition coefficient (Wildman–Crippen LogP) is 1.95. The first-order chi connectivity index (χ1) is 2.00. The van der Waals surface area contributed by atoms with Gasteiger partial charge >= 0.3 is 0 Å². The van der Waals surface area contributed by atoms with Crippen molar-refractivity contribution in [1.82, 2.24) is 0 Å². The third-order valence-corrected chi connectivity index (χ3v) is 0.816. The monoisotopic (exact) mass is 199 g/mol. The Kier molecular flexibility index (Phi) is 10.3. The van der Waals surface area contributed by atoms with Crippen molar-refractivity contribution >= 4 is 17.0 Å². The summed E-state index contributed by atoms with van der Waals surface area (Å²) in [7, 11) is 0. The Morgan fingerprint density at radius 3 is 1.33 bits per heavy atom. The molecule has 0 spiro atoms. The standard InChI is InChI=1S/C4H7.BrH.Zn/c1-2-4-3-1;;/h1H,2-4H2;1H;/q-1;;. The van der Waals surface area contributed by atoms with Gasteiger partial charge in [0, 0.05) is 19.5 Å². The molecular weight excluding hydrogens is 193 g/mol. The summed E-state index contributed by atoms with van der Waals surface area (Å²) < 4.78 is 0. The van der Waals surface area contributed by atoms with E-state index in [4.69, 9.17) is 0 Å². The van der Waals surface area contributed by atoms with Crippen molar-refractivity contribution < 1.29 is 19.5 Å². The summed E-state index contributed by atoms with van der Waals surface area (Å²) in [6.45, 7) is 0. The fourth-order valence-electron chi connectivity index (χ4n) is 0.204. The van der Waals surface area contributed by atoms with E-state index in [9.17, 15) is 0 Å². The Morgan fingerprint density at radius 2 is 1.33 bits per heavy atom.